The highest BCUT2D eigenvalue weighted by Crippen LogP contribution is 2.41. The summed E-state index contributed by atoms with van der Waals surface area (Å²) in [4.78, 5) is 25.7. The smallest absolute Gasteiger partial charge is 0.270 e. The highest BCUT2D eigenvalue weighted by Gasteiger charge is 2.45. The Hall–Kier alpha value is -3.46. The van der Waals surface area contributed by atoms with Gasteiger partial charge < -0.3 is 4.90 Å². The number of hydrogen-bond acceptors (Lipinski definition) is 5. The van der Waals surface area contributed by atoms with Crippen molar-refractivity contribution in [2.45, 2.75) is 18.5 Å². The van der Waals surface area contributed by atoms with Gasteiger partial charge in [0, 0.05) is 23.4 Å². The number of non-ortho nitro benzene ring substituents is 1. The molecule has 0 radical (unpaired) electrons. The lowest BCUT2D eigenvalue weighted by molar-refractivity contribution is -0.384. The molecule has 1 fully saturated rings. The van der Waals surface area contributed by atoms with E-state index in [4.69, 9.17) is 0 Å². The maximum absolute atomic E-state index is 13.2. The number of ketones is 1. The van der Waals surface area contributed by atoms with E-state index < -0.39 is 11.0 Å². The van der Waals surface area contributed by atoms with Gasteiger partial charge in [-0.3, -0.25) is 14.9 Å². The number of carbonyl (C=O) groups excluding carboxylic acids is 1. The minimum Gasteiger partial charge on any atom is -0.353 e. The van der Waals surface area contributed by atoms with Gasteiger partial charge in [-0.1, -0.05) is 42.5 Å². The van der Waals surface area contributed by atoms with Crippen LogP contribution in [0.25, 0.3) is 6.08 Å². The van der Waals surface area contributed by atoms with E-state index in [9.17, 15) is 20.2 Å². The number of benzene rings is 2. The van der Waals surface area contributed by atoms with Crippen molar-refractivity contribution in [2.24, 2.45) is 5.92 Å². The number of nitro groups is 1. The lowest BCUT2D eigenvalue weighted by Gasteiger charge is -2.34. The van der Waals surface area contributed by atoms with E-state index >= 15 is 0 Å². The Morgan fingerprint density at radius 2 is 2.04 bits per heavy atom. The minimum atomic E-state index is -0.516. The average Bonchev–Trinajstić information content (AvgIpc) is 3.06. The Morgan fingerprint density at radius 3 is 2.81 bits per heavy atom. The molecule has 0 saturated carbocycles. The Morgan fingerprint density at radius 1 is 1.23 bits per heavy atom. The third-order valence-electron chi connectivity index (χ3n) is 5.04. The van der Waals surface area contributed by atoms with Crippen molar-refractivity contribution >= 4 is 23.2 Å². The van der Waals surface area contributed by atoms with Gasteiger partial charge in [0.1, 0.15) is 0 Å². The standard InChI is InChI=1S/C20H15N3O3/c21-12-15-11-19(20(24)14-5-3-6-16(10-14)23(25)26)22-17-7-2-1-4-13(17)8-9-18(15)22/h1-10,15,18-19H,11H2/t15-,18+,19-/m0/s1. The fraction of sp³-hybridized carbons (Fsp3) is 0.200. The molecule has 2 aliphatic rings. The summed E-state index contributed by atoms with van der Waals surface area (Å²) in [6, 6.07) is 15.2. The van der Waals surface area contributed by atoms with Crippen molar-refractivity contribution in [3.05, 3.63) is 75.8 Å². The molecule has 0 aliphatic carbocycles. The molecule has 2 heterocycles. The first-order valence-corrected chi connectivity index (χ1v) is 8.34. The monoisotopic (exact) mass is 345 g/mol. The maximum atomic E-state index is 13.2. The summed E-state index contributed by atoms with van der Waals surface area (Å²) in [5.41, 5.74) is 2.11. The van der Waals surface area contributed by atoms with Crippen molar-refractivity contribution in [1.82, 2.24) is 0 Å². The van der Waals surface area contributed by atoms with Crippen LogP contribution in [-0.4, -0.2) is 22.8 Å². The number of fused-ring (bicyclic) bond motifs is 3. The zero-order valence-corrected chi connectivity index (χ0v) is 13.8. The second-order valence-corrected chi connectivity index (χ2v) is 6.47. The molecule has 0 spiro atoms. The summed E-state index contributed by atoms with van der Waals surface area (Å²) in [6.07, 6.45) is 4.36. The third-order valence-corrected chi connectivity index (χ3v) is 5.04. The van der Waals surface area contributed by atoms with Crippen LogP contribution in [0.4, 0.5) is 11.4 Å². The molecule has 3 atom stereocenters. The Kier molecular flexibility index (Phi) is 3.77. The van der Waals surface area contributed by atoms with Crippen LogP contribution in [0.3, 0.4) is 0 Å². The Bertz CT molecular complexity index is 976. The first kappa shape index (κ1) is 16.0. The summed E-state index contributed by atoms with van der Waals surface area (Å²) in [5.74, 6) is -0.492. The lowest BCUT2D eigenvalue weighted by atomic mass is 9.96. The Balaban J connectivity index is 1.76. The van der Waals surface area contributed by atoms with Gasteiger partial charge >= 0.3 is 0 Å². The molecule has 1 saturated heterocycles. The highest BCUT2D eigenvalue weighted by atomic mass is 16.6. The maximum Gasteiger partial charge on any atom is 0.270 e. The summed E-state index contributed by atoms with van der Waals surface area (Å²) in [6.45, 7) is 0. The van der Waals surface area contributed by atoms with Crippen LogP contribution in [0.15, 0.2) is 54.6 Å². The van der Waals surface area contributed by atoms with Gasteiger partial charge in [-0.25, -0.2) is 0 Å². The zero-order chi connectivity index (χ0) is 18.3. The van der Waals surface area contributed by atoms with Crippen LogP contribution in [0.1, 0.15) is 22.3 Å². The van der Waals surface area contributed by atoms with Crippen LogP contribution in [-0.2, 0) is 0 Å². The van der Waals surface area contributed by atoms with E-state index in [0.29, 0.717) is 12.0 Å². The summed E-state index contributed by atoms with van der Waals surface area (Å²) in [5, 5.41) is 20.5. The van der Waals surface area contributed by atoms with Crippen LogP contribution in [0.5, 0.6) is 0 Å². The van der Waals surface area contributed by atoms with Gasteiger partial charge in [-0.15, -0.1) is 0 Å². The van der Waals surface area contributed by atoms with Crippen molar-refractivity contribution in [3.63, 3.8) is 0 Å². The molecule has 2 aliphatic heterocycles. The molecule has 128 valence electrons. The number of rotatable bonds is 3. The van der Waals surface area contributed by atoms with E-state index in [1.165, 1.54) is 18.2 Å². The first-order chi connectivity index (χ1) is 12.6. The number of nitro benzene ring substituents is 1. The van der Waals surface area contributed by atoms with E-state index in [0.717, 1.165) is 11.3 Å². The highest BCUT2D eigenvalue weighted by molar-refractivity contribution is 6.03. The number of hydrogen-bond donors (Lipinski definition) is 0. The SMILES string of the molecule is N#C[C@@H]1C[C@@H](C(=O)c2cccc([N+](=O)[O-])c2)N2c3ccccc3C=C[C@H]12. The topological polar surface area (TPSA) is 87.2 Å². The molecule has 26 heavy (non-hydrogen) atoms. The van der Waals surface area contributed by atoms with Crippen LogP contribution >= 0.6 is 0 Å². The molecular formula is C20H15N3O3. The van der Waals surface area contributed by atoms with E-state index in [1.807, 2.05) is 41.3 Å². The molecule has 0 N–H and O–H groups in total. The summed E-state index contributed by atoms with van der Waals surface area (Å²) in [7, 11) is 0. The molecule has 2 aromatic rings. The summed E-state index contributed by atoms with van der Waals surface area (Å²) >= 11 is 0. The molecule has 0 amide bonds. The van der Waals surface area contributed by atoms with E-state index in [-0.39, 0.29) is 23.4 Å². The zero-order valence-electron chi connectivity index (χ0n) is 13.8. The molecule has 0 bridgehead atoms. The minimum absolute atomic E-state index is 0.110. The van der Waals surface area contributed by atoms with Crippen molar-refractivity contribution < 1.29 is 9.72 Å². The first-order valence-electron chi connectivity index (χ1n) is 8.34. The number of anilines is 1. The fourth-order valence-corrected chi connectivity index (χ4v) is 3.84. The number of nitrogens with zero attached hydrogens (tertiary/aromatic N) is 3. The number of carbonyl (C=O) groups is 1. The average molecular weight is 345 g/mol. The van der Waals surface area contributed by atoms with Gasteiger partial charge in [-0.05, 0) is 18.1 Å². The van der Waals surface area contributed by atoms with Crippen molar-refractivity contribution in [1.29, 1.82) is 5.26 Å². The normalized spacial score (nSPS) is 23.0. The summed E-state index contributed by atoms with van der Waals surface area (Å²) < 4.78 is 0. The molecule has 6 nitrogen and oxygen atoms in total. The molecule has 0 unspecified atom stereocenters. The molecule has 4 rings (SSSR count). The van der Waals surface area contributed by atoms with Crippen LogP contribution in [0.2, 0.25) is 0 Å². The molecule has 0 aromatic heterocycles. The molecule has 2 aromatic carbocycles. The number of para-hydroxylation sites is 1. The second-order valence-electron chi connectivity index (χ2n) is 6.47. The van der Waals surface area contributed by atoms with E-state index in [2.05, 4.69) is 6.07 Å². The Labute approximate surface area is 150 Å². The van der Waals surface area contributed by atoms with Crippen LogP contribution in [0, 0.1) is 27.4 Å². The van der Waals surface area contributed by atoms with Crippen LogP contribution < -0.4 is 4.90 Å². The van der Waals surface area contributed by atoms with Gasteiger partial charge in [0.2, 0.25) is 0 Å². The third kappa shape index (κ3) is 2.45. The van der Waals surface area contributed by atoms with E-state index in [1.54, 1.807) is 6.07 Å². The van der Waals surface area contributed by atoms with Crippen molar-refractivity contribution in [3.8, 4) is 6.07 Å². The van der Waals surface area contributed by atoms with Gasteiger partial charge in [-0.2, -0.15) is 5.26 Å². The predicted molar refractivity (Wildman–Crippen MR) is 96.7 cm³/mol. The number of nitriles is 1. The van der Waals surface area contributed by atoms with Gasteiger partial charge in [0.25, 0.3) is 5.69 Å². The van der Waals surface area contributed by atoms with Crippen molar-refractivity contribution in [2.75, 3.05) is 4.90 Å². The van der Waals surface area contributed by atoms with Gasteiger partial charge in [0.05, 0.1) is 29.0 Å². The number of Topliss-reactive ketones (excluding diaryl/α,β-unsaturated/α-hetero) is 1. The lowest BCUT2D eigenvalue weighted by Crippen LogP contribution is -2.42. The molecular weight excluding hydrogens is 330 g/mol. The molecule has 6 heteroatoms. The predicted octanol–water partition coefficient (Wildman–Crippen LogP) is 3.59. The largest absolute Gasteiger partial charge is 0.353 e. The fourth-order valence-electron chi connectivity index (χ4n) is 3.84. The second kappa shape index (κ2) is 6.12. The quantitative estimate of drug-likeness (QED) is 0.482. The van der Waals surface area contributed by atoms with Gasteiger partial charge in [0.15, 0.2) is 5.78 Å².